The van der Waals surface area contributed by atoms with Crippen LogP contribution < -0.4 is 20.7 Å². The molecular formula is C47H61F3N8O8S. The number of likely N-dealkylation sites (N-methyl/N-ethyl adjacent to an activating group) is 2. The van der Waals surface area contributed by atoms with Gasteiger partial charge in [-0.3, -0.25) is 24.1 Å². The maximum Gasteiger partial charge on any atom is 0.471 e. The molecule has 0 spiro atoms. The molecule has 20 heteroatoms. The molecule has 3 N–H and O–H groups in total. The lowest BCUT2D eigenvalue weighted by Gasteiger charge is -2.35. The summed E-state index contributed by atoms with van der Waals surface area (Å²) in [4.78, 5) is 65.7. The number of thiazole rings is 1. The first kappa shape index (κ1) is 51.1. The number of rotatable bonds is 24. The zero-order valence-corrected chi connectivity index (χ0v) is 39.3. The maximum atomic E-state index is 14.2. The molecule has 1 aliphatic heterocycles. The van der Waals surface area contributed by atoms with Crippen LogP contribution in [0.5, 0.6) is 5.75 Å². The molecule has 1 saturated carbocycles. The van der Waals surface area contributed by atoms with Crippen LogP contribution in [0.25, 0.3) is 11.4 Å². The number of nitrogens with zero attached hydrogens (tertiary/aromatic N) is 5. The second-order valence-electron chi connectivity index (χ2n) is 16.9. The molecule has 4 atom stereocenters. The molecule has 67 heavy (non-hydrogen) atoms. The van der Waals surface area contributed by atoms with E-state index in [2.05, 4.69) is 35.5 Å². The molecule has 2 fully saturated rings. The van der Waals surface area contributed by atoms with Crippen molar-refractivity contribution in [2.45, 2.75) is 96.1 Å². The Bertz CT molecular complexity index is 2230. The van der Waals surface area contributed by atoms with Crippen molar-refractivity contribution in [1.82, 2.24) is 40.9 Å². The van der Waals surface area contributed by atoms with Crippen LogP contribution in [0.4, 0.5) is 13.2 Å². The van der Waals surface area contributed by atoms with Gasteiger partial charge in [-0.25, -0.2) is 4.98 Å². The maximum absolute atomic E-state index is 14.2. The summed E-state index contributed by atoms with van der Waals surface area (Å²) in [5.41, 5.74) is 1.36. The summed E-state index contributed by atoms with van der Waals surface area (Å²) in [5, 5.41) is 14.8. The minimum atomic E-state index is -4.74. The number of benzene rings is 2. The fraction of sp³-hybridized carbons (Fsp3) is 0.553. The van der Waals surface area contributed by atoms with Gasteiger partial charge in [0.05, 0.1) is 38.5 Å². The third-order valence-electron chi connectivity index (χ3n) is 12.0. The summed E-state index contributed by atoms with van der Waals surface area (Å²) in [6, 6.07) is 11.4. The number of amides is 3. The number of alkyl halides is 3. The van der Waals surface area contributed by atoms with E-state index in [0.29, 0.717) is 73.6 Å². The Morgan fingerprint density at radius 3 is 2.34 bits per heavy atom. The molecule has 16 nitrogen and oxygen atoms in total. The quantitative estimate of drug-likeness (QED) is 0.0522. The van der Waals surface area contributed by atoms with Crippen LogP contribution in [-0.2, 0) is 25.2 Å². The molecular weight excluding hydrogens is 894 g/mol. The molecule has 0 unspecified atom stereocenters. The third kappa shape index (κ3) is 14.4. The lowest BCUT2D eigenvalue weighted by molar-refractivity contribution is -0.159. The molecule has 2 aromatic carbocycles. The first-order valence-corrected chi connectivity index (χ1v) is 23.8. The third-order valence-corrected chi connectivity index (χ3v) is 13.0. The van der Waals surface area contributed by atoms with E-state index in [9.17, 15) is 32.3 Å². The number of likely N-dealkylation sites (tertiary alicyclic amines) is 1. The van der Waals surface area contributed by atoms with Crippen LogP contribution in [0.1, 0.15) is 109 Å². The van der Waals surface area contributed by atoms with Gasteiger partial charge in [-0.2, -0.15) is 18.2 Å². The zero-order valence-electron chi connectivity index (χ0n) is 38.4. The van der Waals surface area contributed by atoms with Gasteiger partial charge in [0, 0.05) is 47.7 Å². The summed E-state index contributed by atoms with van der Waals surface area (Å²) in [5.74, 6) is -1.89. The fourth-order valence-corrected chi connectivity index (χ4v) is 9.17. The monoisotopic (exact) mass is 954 g/mol. The Labute approximate surface area is 392 Å². The number of carbonyl (C=O) groups excluding carboxylic acids is 4. The Kier molecular flexibility index (Phi) is 18.8. The molecule has 6 rings (SSSR count). The van der Waals surface area contributed by atoms with Crippen LogP contribution in [0, 0.1) is 5.92 Å². The van der Waals surface area contributed by atoms with E-state index in [0.717, 1.165) is 51.5 Å². The van der Waals surface area contributed by atoms with Crippen LogP contribution in [-0.4, -0.2) is 133 Å². The van der Waals surface area contributed by atoms with E-state index in [1.807, 2.05) is 18.7 Å². The predicted molar refractivity (Wildman–Crippen MR) is 244 cm³/mol. The van der Waals surface area contributed by atoms with E-state index in [1.165, 1.54) is 35.6 Å². The van der Waals surface area contributed by atoms with Crippen LogP contribution >= 0.6 is 11.3 Å². The van der Waals surface area contributed by atoms with Gasteiger partial charge in [-0.1, -0.05) is 55.6 Å². The fourth-order valence-electron chi connectivity index (χ4n) is 8.22. The highest BCUT2D eigenvalue weighted by molar-refractivity contribution is 7.10. The van der Waals surface area contributed by atoms with E-state index < -0.39 is 24.2 Å². The normalized spacial score (nSPS) is 17.0. The van der Waals surface area contributed by atoms with Gasteiger partial charge < -0.3 is 39.6 Å². The van der Waals surface area contributed by atoms with Crippen molar-refractivity contribution in [3.63, 3.8) is 0 Å². The van der Waals surface area contributed by atoms with Crippen LogP contribution in [0.15, 0.2) is 58.4 Å². The highest BCUT2D eigenvalue weighted by atomic mass is 32.1. The van der Waals surface area contributed by atoms with E-state index >= 15 is 0 Å². The number of halogens is 3. The molecule has 1 aliphatic carbocycles. The van der Waals surface area contributed by atoms with Crippen molar-refractivity contribution in [2.75, 3.05) is 66.3 Å². The second kappa shape index (κ2) is 24.7. The molecule has 3 heterocycles. The summed E-state index contributed by atoms with van der Waals surface area (Å²) in [6.45, 7) is 9.95. The lowest BCUT2D eigenvalue weighted by atomic mass is 9.83. The van der Waals surface area contributed by atoms with Crippen molar-refractivity contribution in [2.24, 2.45) is 5.92 Å². The highest BCUT2D eigenvalue weighted by Gasteiger charge is 2.41. The minimum absolute atomic E-state index is 0.0741. The van der Waals surface area contributed by atoms with Gasteiger partial charge in [0.25, 0.3) is 5.91 Å². The molecule has 3 amide bonds. The van der Waals surface area contributed by atoms with E-state index in [-0.39, 0.29) is 59.5 Å². The SMILES string of the molecule is CCN(CCOCCOCCOc1cccc(C(=O)c2csc([C@@H]3CCCN3C(=O)[C@@H](NC(=O)[C@H](C)NC)C3CCCCC3)n2)c1)C[C@@H](C)NC(=O)c1ccc(-c2noc(C(F)(F)F)n2)cc1. The van der Waals surface area contributed by atoms with Gasteiger partial charge in [0.2, 0.25) is 23.4 Å². The van der Waals surface area contributed by atoms with E-state index in [4.69, 9.17) is 19.2 Å². The van der Waals surface area contributed by atoms with Gasteiger partial charge in [-0.15, -0.1) is 11.3 Å². The Morgan fingerprint density at radius 2 is 1.64 bits per heavy atom. The van der Waals surface area contributed by atoms with Crippen LogP contribution in [0.3, 0.4) is 0 Å². The van der Waals surface area contributed by atoms with Crippen molar-refractivity contribution in [3.8, 4) is 17.1 Å². The highest BCUT2D eigenvalue weighted by Crippen LogP contribution is 2.37. The molecule has 2 aliphatic rings. The standard InChI is InChI=1S/C47H61F3N8O8S/c1-5-57(28-30(2)52-43(61)34-18-16-33(17-19-34)41-55-46(66-56-41)47(48,49)50)21-22-63-23-24-64-25-26-65-36-14-9-13-35(27-36)40(59)37-29-67-44(53-37)38-15-10-20-58(38)45(62)39(32-11-7-6-8-12-32)54-42(60)31(3)51-4/h9,13-14,16-19,27,29-32,38-39,51H,5-8,10-12,15,20-26,28H2,1-4H3,(H,52,61)(H,54,60)/t30-,31+,38+,39+/m1/s1. The summed E-state index contributed by atoms with van der Waals surface area (Å²) >= 11 is 1.38. The smallest absolute Gasteiger partial charge is 0.471 e. The summed E-state index contributed by atoms with van der Waals surface area (Å²) in [7, 11) is 1.73. The van der Waals surface area contributed by atoms with E-state index in [1.54, 1.807) is 43.6 Å². The van der Waals surface area contributed by atoms with Crippen molar-refractivity contribution in [3.05, 3.63) is 81.6 Å². The first-order valence-electron chi connectivity index (χ1n) is 23.0. The number of ketones is 1. The number of hydrogen-bond donors (Lipinski definition) is 3. The van der Waals surface area contributed by atoms with Gasteiger partial charge >= 0.3 is 12.1 Å². The zero-order chi connectivity index (χ0) is 47.9. The molecule has 4 aromatic rings. The van der Waals surface area contributed by atoms with Gasteiger partial charge in [0.1, 0.15) is 29.1 Å². The van der Waals surface area contributed by atoms with Gasteiger partial charge in [-0.05, 0) is 83.3 Å². The number of hydrogen-bond acceptors (Lipinski definition) is 14. The molecule has 0 radical (unpaired) electrons. The number of ether oxygens (including phenoxy) is 3. The largest absolute Gasteiger partial charge is 0.491 e. The van der Waals surface area contributed by atoms with Crippen LogP contribution in [0.2, 0.25) is 0 Å². The average molecular weight is 955 g/mol. The minimum Gasteiger partial charge on any atom is -0.491 e. The summed E-state index contributed by atoms with van der Waals surface area (Å²) in [6.07, 6.45) is 1.83. The Balaban J connectivity index is 0.876. The van der Waals surface area contributed by atoms with Crippen molar-refractivity contribution < 1.29 is 51.1 Å². The molecule has 2 aromatic heterocycles. The predicted octanol–water partition coefficient (Wildman–Crippen LogP) is 6.33. The number of nitrogens with one attached hydrogen (secondary N) is 3. The molecule has 364 valence electrons. The summed E-state index contributed by atoms with van der Waals surface area (Å²) < 4.78 is 60.0. The second-order valence-corrected chi connectivity index (χ2v) is 17.7. The number of carbonyl (C=O) groups is 4. The lowest BCUT2D eigenvalue weighted by Crippen LogP contribution is -2.55. The number of aromatic nitrogens is 3. The van der Waals surface area contributed by atoms with Crippen molar-refractivity contribution >= 4 is 34.8 Å². The topological polar surface area (TPSA) is 190 Å². The van der Waals surface area contributed by atoms with Crippen molar-refractivity contribution in [1.29, 1.82) is 0 Å². The van der Waals surface area contributed by atoms with Gasteiger partial charge in [0.15, 0.2) is 0 Å². The average Bonchev–Trinajstić information content (AvgIpc) is 4.14. The molecule has 1 saturated heterocycles. The molecule has 0 bridgehead atoms. The Morgan fingerprint density at radius 1 is 0.910 bits per heavy atom. The Hall–Kier alpha value is -5.28. The first-order chi connectivity index (χ1) is 32.2.